The Morgan fingerprint density at radius 2 is 1.38 bits per heavy atom. The molecule has 3 aromatic rings. The number of ether oxygens (including phenoxy) is 3. The first-order valence-electron chi connectivity index (χ1n) is 11.2. The number of nitro benzene ring substituents is 1. The van der Waals surface area contributed by atoms with Crippen LogP contribution in [0.4, 0.5) is 17.1 Å². The molecule has 3 rings (SSSR count). The lowest BCUT2D eigenvalue weighted by Crippen LogP contribution is -2.21. The van der Waals surface area contributed by atoms with E-state index in [4.69, 9.17) is 14.2 Å². The number of amides is 2. The molecule has 0 aromatic heterocycles. The maximum Gasteiger partial charge on any atom is 0.306 e. The standard InChI is InChI=1S/C26H25N3O8/c1-17-3-4-19(15-23(17)29(33)34)28-25(31)16-36-26(32)14-13-24(30)27-18-5-7-21(8-6-18)37-22-11-9-20(35-2)10-12-22/h3-12,15H,13-14,16H2,1-2H3,(H,27,30)(H,28,31). The lowest BCUT2D eigenvalue weighted by molar-refractivity contribution is -0.385. The molecule has 0 spiro atoms. The normalized spacial score (nSPS) is 10.2. The summed E-state index contributed by atoms with van der Waals surface area (Å²) in [7, 11) is 1.58. The Morgan fingerprint density at radius 3 is 2.00 bits per heavy atom. The van der Waals surface area contributed by atoms with E-state index in [1.54, 1.807) is 62.6 Å². The van der Waals surface area contributed by atoms with Crippen molar-refractivity contribution in [3.63, 3.8) is 0 Å². The third kappa shape index (κ3) is 8.35. The maximum atomic E-state index is 12.2. The number of hydrogen-bond donors (Lipinski definition) is 2. The molecule has 3 aromatic carbocycles. The molecule has 0 fully saturated rings. The smallest absolute Gasteiger partial charge is 0.306 e. The Morgan fingerprint density at radius 1 is 0.811 bits per heavy atom. The summed E-state index contributed by atoms with van der Waals surface area (Å²) >= 11 is 0. The fraction of sp³-hybridized carbons (Fsp3) is 0.192. The predicted molar refractivity (Wildman–Crippen MR) is 135 cm³/mol. The highest BCUT2D eigenvalue weighted by Crippen LogP contribution is 2.25. The average molecular weight is 507 g/mol. The SMILES string of the molecule is COc1ccc(Oc2ccc(NC(=O)CCC(=O)OCC(=O)Nc3ccc(C)c([N+](=O)[O-])c3)cc2)cc1. The molecule has 37 heavy (non-hydrogen) atoms. The quantitative estimate of drug-likeness (QED) is 0.217. The van der Waals surface area contributed by atoms with Crippen molar-refractivity contribution in [1.82, 2.24) is 0 Å². The third-order valence-corrected chi connectivity index (χ3v) is 5.04. The second-order valence-electron chi connectivity index (χ2n) is 7.82. The van der Waals surface area contributed by atoms with Crippen LogP contribution in [0.5, 0.6) is 17.2 Å². The van der Waals surface area contributed by atoms with Crippen LogP contribution in [0.1, 0.15) is 18.4 Å². The largest absolute Gasteiger partial charge is 0.497 e. The molecule has 0 heterocycles. The van der Waals surface area contributed by atoms with E-state index in [0.717, 1.165) is 0 Å². The Balaban J connectivity index is 1.38. The van der Waals surface area contributed by atoms with Crippen LogP contribution in [0.25, 0.3) is 0 Å². The first-order chi connectivity index (χ1) is 17.7. The minimum absolute atomic E-state index is 0.139. The molecule has 2 amide bonds. The van der Waals surface area contributed by atoms with E-state index in [1.165, 1.54) is 18.2 Å². The Labute approximate surface area is 212 Å². The highest BCUT2D eigenvalue weighted by atomic mass is 16.6. The van der Waals surface area contributed by atoms with Gasteiger partial charge >= 0.3 is 5.97 Å². The summed E-state index contributed by atoms with van der Waals surface area (Å²) in [5, 5.41) is 16.1. The van der Waals surface area contributed by atoms with Crippen molar-refractivity contribution in [1.29, 1.82) is 0 Å². The molecule has 0 aliphatic rings. The second kappa shape index (κ2) is 12.7. The summed E-state index contributed by atoms with van der Waals surface area (Å²) in [6.07, 6.45) is -0.373. The van der Waals surface area contributed by atoms with Crippen LogP contribution < -0.4 is 20.1 Å². The van der Waals surface area contributed by atoms with Crippen molar-refractivity contribution in [3.05, 3.63) is 82.4 Å². The van der Waals surface area contributed by atoms with E-state index in [2.05, 4.69) is 10.6 Å². The molecule has 192 valence electrons. The van der Waals surface area contributed by atoms with Gasteiger partial charge in [-0.25, -0.2) is 0 Å². The summed E-state index contributed by atoms with van der Waals surface area (Å²) in [6, 6.07) is 18.0. The van der Waals surface area contributed by atoms with E-state index >= 15 is 0 Å². The molecular weight excluding hydrogens is 482 g/mol. The highest BCUT2D eigenvalue weighted by molar-refractivity contribution is 5.94. The lowest BCUT2D eigenvalue weighted by Gasteiger charge is -2.09. The lowest BCUT2D eigenvalue weighted by atomic mass is 10.2. The van der Waals surface area contributed by atoms with Crippen molar-refractivity contribution in [3.8, 4) is 17.2 Å². The van der Waals surface area contributed by atoms with Crippen LogP contribution >= 0.6 is 0 Å². The van der Waals surface area contributed by atoms with E-state index in [1.807, 2.05) is 0 Å². The molecule has 0 saturated carbocycles. The number of nitrogens with zero attached hydrogens (tertiary/aromatic N) is 1. The van der Waals surface area contributed by atoms with Gasteiger partial charge in [0.05, 0.1) is 18.5 Å². The summed E-state index contributed by atoms with van der Waals surface area (Å²) in [5.41, 5.74) is 1.04. The van der Waals surface area contributed by atoms with Crippen LogP contribution in [-0.2, 0) is 19.1 Å². The number of methoxy groups -OCH3 is 1. The molecule has 0 saturated heterocycles. The maximum absolute atomic E-state index is 12.2. The fourth-order valence-electron chi connectivity index (χ4n) is 3.12. The Bertz CT molecular complexity index is 1270. The second-order valence-corrected chi connectivity index (χ2v) is 7.82. The summed E-state index contributed by atoms with van der Waals surface area (Å²) < 4.78 is 15.7. The van der Waals surface area contributed by atoms with Gasteiger partial charge in [0.1, 0.15) is 17.2 Å². The molecule has 0 aliphatic carbocycles. The van der Waals surface area contributed by atoms with Gasteiger partial charge in [-0.05, 0) is 61.5 Å². The number of rotatable bonds is 11. The van der Waals surface area contributed by atoms with Crippen molar-refractivity contribution in [2.75, 3.05) is 24.4 Å². The zero-order chi connectivity index (χ0) is 26.8. The molecule has 0 aliphatic heterocycles. The predicted octanol–water partition coefficient (Wildman–Crippen LogP) is 4.60. The fourth-order valence-corrected chi connectivity index (χ4v) is 3.12. The molecule has 0 radical (unpaired) electrons. The monoisotopic (exact) mass is 507 g/mol. The van der Waals surface area contributed by atoms with Gasteiger partial charge in [-0.2, -0.15) is 0 Å². The third-order valence-electron chi connectivity index (χ3n) is 5.04. The van der Waals surface area contributed by atoms with Gasteiger partial charge in [0.15, 0.2) is 6.61 Å². The van der Waals surface area contributed by atoms with Crippen LogP contribution in [0.3, 0.4) is 0 Å². The van der Waals surface area contributed by atoms with Gasteiger partial charge in [-0.1, -0.05) is 6.07 Å². The van der Waals surface area contributed by atoms with E-state index < -0.39 is 29.3 Å². The number of benzene rings is 3. The van der Waals surface area contributed by atoms with Gasteiger partial charge in [0, 0.05) is 29.4 Å². The van der Waals surface area contributed by atoms with Gasteiger partial charge in [0.2, 0.25) is 5.91 Å². The summed E-state index contributed by atoms with van der Waals surface area (Å²) in [6.45, 7) is 0.993. The van der Waals surface area contributed by atoms with Crippen LogP contribution in [0.15, 0.2) is 66.7 Å². The minimum atomic E-state index is -0.733. The van der Waals surface area contributed by atoms with E-state index in [0.29, 0.717) is 28.5 Å². The molecular formula is C26H25N3O8. The zero-order valence-corrected chi connectivity index (χ0v) is 20.2. The average Bonchev–Trinajstić information content (AvgIpc) is 2.89. The molecule has 0 bridgehead atoms. The van der Waals surface area contributed by atoms with Gasteiger partial charge in [-0.15, -0.1) is 0 Å². The highest BCUT2D eigenvalue weighted by Gasteiger charge is 2.14. The number of aryl methyl sites for hydroxylation is 1. The van der Waals surface area contributed by atoms with Gasteiger partial charge < -0.3 is 24.8 Å². The summed E-state index contributed by atoms with van der Waals surface area (Å²) in [4.78, 5) is 46.5. The molecule has 0 atom stereocenters. The van der Waals surface area contributed by atoms with Crippen LogP contribution in [0, 0.1) is 17.0 Å². The number of carbonyl (C=O) groups is 3. The Kier molecular flexibility index (Phi) is 9.14. The van der Waals surface area contributed by atoms with Crippen LogP contribution in [0.2, 0.25) is 0 Å². The van der Waals surface area contributed by atoms with Gasteiger partial charge in [0.25, 0.3) is 11.6 Å². The molecule has 11 nitrogen and oxygen atoms in total. The number of carbonyl (C=O) groups excluding carboxylic acids is 3. The first kappa shape index (κ1) is 26.7. The van der Waals surface area contributed by atoms with Crippen molar-refractivity contribution < 1.29 is 33.5 Å². The number of nitro groups is 1. The molecule has 0 unspecified atom stereocenters. The number of anilines is 2. The van der Waals surface area contributed by atoms with E-state index in [9.17, 15) is 24.5 Å². The number of hydrogen-bond acceptors (Lipinski definition) is 8. The van der Waals surface area contributed by atoms with Crippen molar-refractivity contribution in [2.45, 2.75) is 19.8 Å². The minimum Gasteiger partial charge on any atom is -0.497 e. The van der Waals surface area contributed by atoms with Crippen molar-refractivity contribution >= 4 is 34.8 Å². The summed E-state index contributed by atoms with van der Waals surface area (Å²) in [5.74, 6) is 0.122. The topological polar surface area (TPSA) is 146 Å². The van der Waals surface area contributed by atoms with Gasteiger partial charge in [-0.3, -0.25) is 24.5 Å². The first-order valence-corrected chi connectivity index (χ1v) is 11.2. The molecule has 11 heteroatoms. The zero-order valence-electron chi connectivity index (χ0n) is 20.2. The van der Waals surface area contributed by atoms with Crippen LogP contribution in [-0.4, -0.2) is 36.4 Å². The van der Waals surface area contributed by atoms with E-state index in [-0.39, 0.29) is 24.2 Å². The number of nitrogens with one attached hydrogen (secondary N) is 2. The number of esters is 1. The van der Waals surface area contributed by atoms with Crippen molar-refractivity contribution in [2.24, 2.45) is 0 Å². The Hall–Kier alpha value is -4.93. The molecule has 2 N–H and O–H groups in total.